The van der Waals surface area contributed by atoms with Crippen molar-refractivity contribution in [2.24, 2.45) is 0 Å². The summed E-state index contributed by atoms with van der Waals surface area (Å²) in [6.07, 6.45) is 0.335. The Hall–Kier alpha value is -1.67. The van der Waals surface area contributed by atoms with Crippen molar-refractivity contribution in [1.29, 1.82) is 0 Å². The quantitative estimate of drug-likeness (QED) is 0.599. The molecule has 0 radical (unpaired) electrons. The lowest BCUT2D eigenvalue weighted by molar-refractivity contribution is -0.385. The third-order valence-corrected chi connectivity index (χ3v) is 3.78. The molecule has 0 aliphatic heterocycles. The normalized spacial score (nSPS) is 20.0. The standard InChI is InChI=1S/C15H20BrN3O4/c1-15(2,3)23-14(20)18-12-7-11(12)17-8-9-6-10(16)4-5-13(9)19(21)22/h4-6,11-12,17H,7-8H2,1-3H3,(H,18,20). The first-order valence-electron chi connectivity index (χ1n) is 7.31. The zero-order chi connectivity index (χ0) is 17.2. The second-order valence-corrected chi connectivity index (χ2v) is 7.42. The van der Waals surface area contributed by atoms with Crippen LogP contribution in [0.25, 0.3) is 0 Å². The summed E-state index contributed by atoms with van der Waals surface area (Å²) in [6, 6.07) is 4.94. The van der Waals surface area contributed by atoms with Crippen molar-refractivity contribution in [3.63, 3.8) is 0 Å². The summed E-state index contributed by atoms with van der Waals surface area (Å²) in [5, 5.41) is 17.0. The fourth-order valence-corrected chi connectivity index (χ4v) is 2.56. The summed E-state index contributed by atoms with van der Waals surface area (Å²) in [5.74, 6) is 0. The maximum atomic E-state index is 11.7. The molecular weight excluding hydrogens is 366 g/mol. The van der Waals surface area contributed by atoms with Gasteiger partial charge in [-0.05, 0) is 39.3 Å². The molecule has 2 unspecified atom stereocenters. The van der Waals surface area contributed by atoms with Crippen LogP contribution < -0.4 is 10.6 Å². The second kappa shape index (κ2) is 6.84. The van der Waals surface area contributed by atoms with Gasteiger partial charge in [0, 0.05) is 34.7 Å². The average molecular weight is 386 g/mol. The van der Waals surface area contributed by atoms with E-state index in [9.17, 15) is 14.9 Å². The maximum Gasteiger partial charge on any atom is 0.407 e. The highest BCUT2D eigenvalue weighted by Gasteiger charge is 2.39. The smallest absolute Gasteiger partial charge is 0.407 e. The molecule has 2 rings (SSSR count). The van der Waals surface area contributed by atoms with Crippen LogP contribution in [-0.4, -0.2) is 28.7 Å². The van der Waals surface area contributed by atoms with Gasteiger partial charge in [0.1, 0.15) is 5.60 Å². The number of nitrogens with zero attached hydrogens (tertiary/aromatic N) is 1. The van der Waals surface area contributed by atoms with Crippen LogP contribution >= 0.6 is 15.9 Å². The summed E-state index contributed by atoms with van der Waals surface area (Å²) in [5.41, 5.74) is 0.157. The molecule has 1 fully saturated rings. The molecule has 8 heteroatoms. The molecule has 0 spiro atoms. The number of benzene rings is 1. The Balaban J connectivity index is 1.84. The number of amides is 1. The van der Waals surface area contributed by atoms with E-state index in [0.717, 1.165) is 10.9 Å². The van der Waals surface area contributed by atoms with E-state index in [0.29, 0.717) is 12.1 Å². The molecule has 0 saturated heterocycles. The maximum absolute atomic E-state index is 11.7. The molecule has 1 aliphatic rings. The van der Waals surface area contributed by atoms with Gasteiger partial charge in [-0.25, -0.2) is 4.79 Å². The Morgan fingerprint density at radius 1 is 1.43 bits per heavy atom. The zero-order valence-electron chi connectivity index (χ0n) is 13.3. The molecule has 126 valence electrons. The van der Waals surface area contributed by atoms with Gasteiger partial charge in [0.2, 0.25) is 0 Å². The number of ether oxygens (including phenoxy) is 1. The molecule has 1 saturated carbocycles. The molecule has 2 N–H and O–H groups in total. The van der Waals surface area contributed by atoms with Gasteiger partial charge in [-0.2, -0.15) is 0 Å². The van der Waals surface area contributed by atoms with E-state index in [-0.39, 0.29) is 17.8 Å². The van der Waals surface area contributed by atoms with Crippen molar-refractivity contribution >= 4 is 27.7 Å². The first-order valence-corrected chi connectivity index (χ1v) is 8.11. The first-order chi connectivity index (χ1) is 10.7. The van der Waals surface area contributed by atoms with Crippen LogP contribution in [0.5, 0.6) is 0 Å². The number of carbonyl (C=O) groups excluding carboxylic acids is 1. The number of hydrogen-bond acceptors (Lipinski definition) is 5. The van der Waals surface area contributed by atoms with E-state index in [2.05, 4.69) is 26.6 Å². The number of halogens is 1. The van der Waals surface area contributed by atoms with Gasteiger partial charge in [-0.1, -0.05) is 15.9 Å². The Morgan fingerprint density at radius 2 is 2.13 bits per heavy atom. The SMILES string of the molecule is CC(C)(C)OC(=O)NC1CC1NCc1cc(Br)ccc1[N+](=O)[O-]. The lowest BCUT2D eigenvalue weighted by Gasteiger charge is -2.19. The summed E-state index contributed by atoms with van der Waals surface area (Å²) in [6.45, 7) is 5.79. The lowest BCUT2D eigenvalue weighted by Crippen LogP contribution is -2.36. The van der Waals surface area contributed by atoms with Crippen molar-refractivity contribution in [2.45, 2.75) is 51.4 Å². The van der Waals surface area contributed by atoms with Gasteiger partial charge < -0.3 is 15.4 Å². The van der Waals surface area contributed by atoms with Gasteiger partial charge in [-0.3, -0.25) is 10.1 Å². The summed E-state index contributed by atoms with van der Waals surface area (Å²) < 4.78 is 5.98. The number of carbonyl (C=O) groups is 1. The zero-order valence-corrected chi connectivity index (χ0v) is 14.8. The molecule has 7 nitrogen and oxygen atoms in total. The third-order valence-electron chi connectivity index (χ3n) is 3.29. The van der Waals surface area contributed by atoms with Crippen LogP contribution in [-0.2, 0) is 11.3 Å². The minimum absolute atomic E-state index is 0.00365. The van der Waals surface area contributed by atoms with Crippen molar-refractivity contribution in [3.8, 4) is 0 Å². The van der Waals surface area contributed by atoms with Gasteiger partial charge in [-0.15, -0.1) is 0 Å². The predicted molar refractivity (Wildman–Crippen MR) is 89.2 cm³/mol. The van der Waals surface area contributed by atoms with Gasteiger partial charge in [0.05, 0.1) is 4.92 Å². The first kappa shape index (κ1) is 17.7. The average Bonchev–Trinajstić information content (AvgIpc) is 3.11. The third kappa shape index (κ3) is 5.47. The topological polar surface area (TPSA) is 93.5 Å². The van der Waals surface area contributed by atoms with Crippen LogP contribution in [0, 0.1) is 10.1 Å². The number of rotatable bonds is 5. The number of nitro groups is 1. The second-order valence-electron chi connectivity index (χ2n) is 6.51. The van der Waals surface area contributed by atoms with Gasteiger partial charge in [0.25, 0.3) is 5.69 Å². The Kier molecular flexibility index (Phi) is 5.26. The molecule has 0 bridgehead atoms. The molecule has 1 amide bonds. The van der Waals surface area contributed by atoms with Crippen LogP contribution in [0.1, 0.15) is 32.8 Å². The van der Waals surface area contributed by atoms with Crippen LogP contribution in [0.15, 0.2) is 22.7 Å². The number of alkyl carbamates (subject to hydrolysis) is 1. The lowest BCUT2D eigenvalue weighted by atomic mass is 10.2. The van der Waals surface area contributed by atoms with Gasteiger partial charge >= 0.3 is 6.09 Å². The van der Waals surface area contributed by atoms with Crippen molar-refractivity contribution in [2.75, 3.05) is 0 Å². The summed E-state index contributed by atoms with van der Waals surface area (Å²) in [7, 11) is 0. The summed E-state index contributed by atoms with van der Waals surface area (Å²) in [4.78, 5) is 22.3. The Morgan fingerprint density at radius 3 is 2.74 bits per heavy atom. The van der Waals surface area contributed by atoms with Crippen LogP contribution in [0.2, 0.25) is 0 Å². The summed E-state index contributed by atoms with van der Waals surface area (Å²) >= 11 is 3.32. The van der Waals surface area contributed by atoms with Crippen LogP contribution in [0.4, 0.5) is 10.5 Å². The van der Waals surface area contributed by atoms with Crippen molar-refractivity contribution in [3.05, 3.63) is 38.3 Å². The minimum atomic E-state index is -0.529. The highest BCUT2D eigenvalue weighted by molar-refractivity contribution is 9.10. The predicted octanol–water partition coefficient (Wildman–Crippen LogP) is 3.11. The monoisotopic (exact) mass is 385 g/mol. The van der Waals surface area contributed by atoms with E-state index < -0.39 is 16.6 Å². The number of hydrogen-bond donors (Lipinski definition) is 2. The minimum Gasteiger partial charge on any atom is -0.444 e. The van der Waals surface area contributed by atoms with Gasteiger partial charge in [0.15, 0.2) is 0 Å². The highest BCUT2D eigenvalue weighted by Crippen LogP contribution is 2.26. The van der Waals surface area contributed by atoms with E-state index in [1.54, 1.807) is 12.1 Å². The molecule has 23 heavy (non-hydrogen) atoms. The molecule has 0 aromatic heterocycles. The number of nitro benzene ring substituents is 1. The largest absolute Gasteiger partial charge is 0.444 e. The van der Waals surface area contributed by atoms with Crippen molar-refractivity contribution in [1.82, 2.24) is 10.6 Å². The van der Waals surface area contributed by atoms with E-state index in [4.69, 9.17) is 4.74 Å². The molecule has 2 atom stereocenters. The fraction of sp³-hybridized carbons (Fsp3) is 0.533. The van der Waals surface area contributed by atoms with E-state index >= 15 is 0 Å². The molecule has 0 heterocycles. The Bertz CT molecular complexity index is 615. The Labute approximate surface area is 143 Å². The van der Waals surface area contributed by atoms with E-state index in [1.807, 2.05) is 20.8 Å². The van der Waals surface area contributed by atoms with E-state index in [1.165, 1.54) is 6.07 Å². The van der Waals surface area contributed by atoms with Crippen molar-refractivity contribution < 1.29 is 14.5 Å². The van der Waals surface area contributed by atoms with Crippen LogP contribution in [0.3, 0.4) is 0 Å². The number of nitrogens with one attached hydrogen (secondary N) is 2. The molecule has 1 aromatic carbocycles. The molecular formula is C15H20BrN3O4. The molecule has 1 aromatic rings. The molecule has 1 aliphatic carbocycles. The highest BCUT2D eigenvalue weighted by atomic mass is 79.9. The fourth-order valence-electron chi connectivity index (χ4n) is 2.15.